The van der Waals surface area contributed by atoms with Crippen molar-refractivity contribution in [3.05, 3.63) is 136 Å². The molecule has 5 heterocycles. The molecule has 89 heavy (non-hydrogen) atoms. The highest BCUT2D eigenvalue weighted by Gasteiger charge is 2.44. The Morgan fingerprint density at radius 2 is 1.42 bits per heavy atom. The number of aromatic nitrogens is 5. The van der Waals surface area contributed by atoms with E-state index in [-0.39, 0.29) is 68.9 Å². The van der Waals surface area contributed by atoms with E-state index in [1.165, 1.54) is 4.90 Å². The number of urea groups is 1. The number of nitriles is 1. The molecule has 1 aliphatic carbocycles. The summed E-state index contributed by atoms with van der Waals surface area (Å²) < 4.78 is 31.6. The van der Waals surface area contributed by atoms with Crippen molar-refractivity contribution in [1.82, 2.24) is 45.2 Å². The topological polar surface area (TPSA) is 279 Å². The van der Waals surface area contributed by atoms with Gasteiger partial charge in [0, 0.05) is 94.2 Å². The van der Waals surface area contributed by atoms with Gasteiger partial charge in [-0.2, -0.15) is 10.4 Å². The summed E-state index contributed by atoms with van der Waals surface area (Å²) in [5.74, 6) is -0.594. The Labute approximate surface area is 524 Å². The summed E-state index contributed by atoms with van der Waals surface area (Å²) in [6.07, 6.45) is 11.2. The van der Waals surface area contributed by atoms with Crippen LogP contribution >= 0.6 is 11.3 Å². The maximum Gasteiger partial charge on any atom is 0.322 e. The van der Waals surface area contributed by atoms with Crippen LogP contribution in [0.25, 0.3) is 21.6 Å². The van der Waals surface area contributed by atoms with E-state index in [0.29, 0.717) is 64.9 Å². The summed E-state index contributed by atoms with van der Waals surface area (Å²) in [7, 11) is 1.72. The van der Waals surface area contributed by atoms with Crippen molar-refractivity contribution in [2.75, 3.05) is 82.8 Å². The van der Waals surface area contributed by atoms with Gasteiger partial charge in [0.15, 0.2) is 0 Å². The van der Waals surface area contributed by atoms with Crippen molar-refractivity contribution in [2.24, 2.45) is 12.5 Å². The summed E-state index contributed by atoms with van der Waals surface area (Å²) in [4.78, 5) is 79.6. The molecule has 476 valence electrons. The highest BCUT2D eigenvalue weighted by Crippen LogP contribution is 2.32. The van der Waals surface area contributed by atoms with Gasteiger partial charge in [0.2, 0.25) is 23.3 Å². The number of carbonyl (C=O) groups is 4. The molecule has 0 radical (unpaired) electrons. The fourth-order valence-corrected chi connectivity index (χ4v) is 11.5. The largest absolute Gasteiger partial charge is 0.391 e. The lowest BCUT2D eigenvalue weighted by molar-refractivity contribution is -0.144. The van der Waals surface area contributed by atoms with Crippen molar-refractivity contribution in [3.8, 4) is 27.6 Å². The molecule has 2 aliphatic rings. The molecule has 0 bridgehead atoms. The van der Waals surface area contributed by atoms with Crippen molar-refractivity contribution in [2.45, 2.75) is 123 Å². The maximum absolute atomic E-state index is 14.1. The number of rotatable bonds is 32. The van der Waals surface area contributed by atoms with Crippen LogP contribution in [0.5, 0.6) is 0 Å². The monoisotopic (exact) mass is 1240 g/mol. The molecule has 2 fully saturated rings. The zero-order valence-electron chi connectivity index (χ0n) is 51.6. The van der Waals surface area contributed by atoms with Gasteiger partial charge in [0.1, 0.15) is 30.6 Å². The van der Waals surface area contributed by atoms with Gasteiger partial charge in [0.25, 0.3) is 0 Å². The smallest absolute Gasteiger partial charge is 0.322 e. The number of carbonyl (C=O) groups excluding carboxylic acids is 4. The maximum atomic E-state index is 14.1. The molecule has 5 N–H and O–H groups in total. The number of ether oxygens (including phenoxy) is 5. The van der Waals surface area contributed by atoms with Crippen LogP contribution < -0.4 is 31.7 Å². The number of hydrogen-bond acceptors (Lipinski definition) is 17. The molecule has 2 aromatic carbocycles. The van der Waals surface area contributed by atoms with E-state index >= 15 is 0 Å². The third-order valence-corrected chi connectivity index (χ3v) is 16.6. The van der Waals surface area contributed by atoms with Gasteiger partial charge in [0.05, 0.1) is 86.8 Å². The molecule has 1 saturated heterocycles. The fourth-order valence-electron chi connectivity index (χ4n) is 10.7. The van der Waals surface area contributed by atoms with Crippen LogP contribution in [-0.2, 0) is 64.7 Å². The molecule has 5 amide bonds. The highest BCUT2D eigenvalue weighted by molar-refractivity contribution is 7.13. The van der Waals surface area contributed by atoms with Gasteiger partial charge in [-0.3, -0.25) is 28.8 Å². The van der Waals surface area contributed by atoms with Gasteiger partial charge >= 0.3 is 6.03 Å². The average Bonchev–Trinajstić information content (AvgIpc) is 2.26. The molecule has 24 heteroatoms. The van der Waals surface area contributed by atoms with E-state index in [1.54, 1.807) is 59.7 Å². The Morgan fingerprint density at radius 1 is 0.764 bits per heavy atom. The number of thiazole rings is 1. The van der Waals surface area contributed by atoms with Crippen LogP contribution in [0.2, 0.25) is 0 Å². The van der Waals surface area contributed by atoms with Crippen LogP contribution in [0.4, 0.5) is 16.3 Å². The molecule has 8 rings (SSSR count). The lowest BCUT2D eigenvalue weighted by Gasteiger charge is -2.37. The first-order valence-corrected chi connectivity index (χ1v) is 31.3. The minimum absolute atomic E-state index is 0.0239. The predicted molar refractivity (Wildman–Crippen MR) is 338 cm³/mol. The van der Waals surface area contributed by atoms with Crippen LogP contribution in [0.3, 0.4) is 0 Å². The summed E-state index contributed by atoms with van der Waals surface area (Å²) >= 11 is 1.57. The Balaban J connectivity index is 0.641. The number of amides is 5. The number of aliphatic hydroxyl groups excluding tert-OH is 1. The lowest BCUT2D eigenvalue weighted by atomic mass is 9.85. The van der Waals surface area contributed by atoms with Gasteiger partial charge in [-0.05, 0) is 103 Å². The number of nitrogens with one attached hydrogen (secondary N) is 4. The SMILES string of the molecule is Cc1ncsc1-c1ccc(CNC(=O)[C@@H]2C[C@@H](O)CN2C(=O)[C@@H](NC(=O)COCCOCCOCCOCCOCCCCn2cc(CNC(=O)N(c3ccc(-c4ccc(=O)n(C)c4)cc3)C3CCC(Nc4ccc(C#N)cn4)CC3)cn2)C(C)(C)C)cc1. The minimum Gasteiger partial charge on any atom is -0.391 e. The second-order valence-corrected chi connectivity index (χ2v) is 24.3. The number of hydrogen-bond donors (Lipinski definition) is 5. The molecular formula is C65H84N12O11S. The summed E-state index contributed by atoms with van der Waals surface area (Å²) in [5.41, 5.74) is 7.93. The minimum atomic E-state index is -0.974. The molecule has 23 nitrogen and oxygen atoms in total. The Hall–Kier alpha value is -7.89. The zero-order chi connectivity index (χ0) is 63.1. The second-order valence-electron chi connectivity index (χ2n) is 23.4. The van der Waals surface area contributed by atoms with Crippen molar-refractivity contribution in [1.29, 1.82) is 5.26 Å². The number of benzene rings is 2. The predicted octanol–water partition coefficient (Wildman–Crippen LogP) is 6.76. The number of β-amino-alcohol motifs (C(OH)–C–C–N with tert-alkyl or cyclic N) is 1. The number of nitrogens with zero attached hydrogens (tertiary/aromatic N) is 8. The van der Waals surface area contributed by atoms with Gasteiger partial charge < -0.3 is 59.5 Å². The molecular weight excluding hydrogens is 1160 g/mol. The van der Waals surface area contributed by atoms with Gasteiger partial charge in [-0.1, -0.05) is 57.2 Å². The zero-order valence-corrected chi connectivity index (χ0v) is 52.4. The number of pyridine rings is 2. The molecule has 4 aromatic heterocycles. The normalized spacial score (nSPS) is 17.0. The number of anilines is 2. The van der Waals surface area contributed by atoms with Gasteiger partial charge in [-0.15, -0.1) is 11.3 Å². The van der Waals surface area contributed by atoms with E-state index in [0.717, 1.165) is 88.4 Å². The first-order valence-electron chi connectivity index (χ1n) is 30.4. The second kappa shape index (κ2) is 33.6. The van der Waals surface area contributed by atoms with E-state index in [1.807, 2.05) is 104 Å². The lowest BCUT2D eigenvalue weighted by Crippen LogP contribution is -2.58. The quantitative estimate of drug-likeness (QED) is 0.0273. The fraction of sp³-hybridized carbons (Fsp3) is 0.492. The van der Waals surface area contributed by atoms with E-state index in [2.05, 4.69) is 42.4 Å². The van der Waals surface area contributed by atoms with Crippen molar-refractivity contribution < 1.29 is 48.0 Å². The van der Waals surface area contributed by atoms with Crippen LogP contribution in [0.1, 0.15) is 88.1 Å². The molecule has 1 saturated carbocycles. The standard InChI is InChI=1S/C65H84N12O11S/c1-45-60(89-44-70-45)50-11-8-46(9-12-50)36-68-62(81)56-34-55(78)42-76(56)63(82)61(65(2,3)4)73-58(79)43-88-33-32-87-31-30-86-29-28-85-27-26-84-25-7-6-24-75-40-48(39-71-75)38-69-64(83)77(53-18-13-49(14-19-53)51-15-23-59(80)74(5)41-51)54-20-16-52(17-21-54)72-57-22-10-47(35-66)37-67-57/h8-15,18-19,22-23,37,39-41,44,52,54-56,61,78H,6-7,16-17,20-21,24-34,36,38,42-43H2,1-5H3,(H,67,72)(H,68,81)(H,69,83)(H,73,79)/t52?,54?,55-,56+,61-/m1/s1. The molecule has 1 aliphatic heterocycles. The molecule has 3 atom stereocenters. The summed E-state index contributed by atoms with van der Waals surface area (Å²) in [5, 5.41) is 36.6. The summed E-state index contributed by atoms with van der Waals surface area (Å²) in [6, 6.07) is 22.8. The Bertz CT molecular complexity index is 3320. The van der Waals surface area contributed by atoms with E-state index < -0.39 is 35.4 Å². The van der Waals surface area contributed by atoms with E-state index in [4.69, 9.17) is 28.9 Å². The van der Waals surface area contributed by atoms with Crippen LogP contribution in [-0.4, -0.2) is 161 Å². The van der Waals surface area contributed by atoms with Gasteiger partial charge in [-0.25, -0.2) is 14.8 Å². The molecule has 6 aromatic rings. The van der Waals surface area contributed by atoms with Crippen molar-refractivity contribution in [3.63, 3.8) is 0 Å². The Kier molecular flexibility index (Phi) is 25.3. The average molecular weight is 1240 g/mol. The number of aliphatic hydroxyl groups is 1. The third kappa shape index (κ3) is 20.3. The highest BCUT2D eigenvalue weighted by atomic mass is 32.1. The third-order valence-electron chi connectivity index (χ3n) is 15.6. The number of unbranched alkanes of at least 4 members (excludes halogenated alkanes) is 1. The molecule has 0 unspecified atom stereocenters. The number of aryl methyl sites for hydroxylation is 3. The van der Waals surface area contributed by atoms with Crippen molar-refractivity contribution >= 4 is 46.6 Å². The van der Waals surface area contributed by atoms with Crippen LogP contribution in [0, 0.1) is 23.7 Å². The Morgan fingerprint density at radius 3 is 2.04 bits per heavy atom. The van der Waals surface area contributed by atoms with Crippen LogP contribution in [0.15, 0.2) is 108 Å². The first kappa shape index (κ1) is 67.0. The molecule has 0 spiro atoms. The summed E-state index contributed by atoms with van der Waals surface area (Å²) in [6.45, 7) is 11.7. The number of likely N-dealkylation sites (tertiary alicyclic amines) is 1. The van der Waals surface area contributed by atoms with E-state index in [9.17, 15) is 29.1 Å². The first-order chi connectivity index (χ1) is 43.0.